The third-order valence-electron chi connectivity index (χ3n) is 5.71. The highest BCUT2D eigenvalue weighted by Crippen LogP contribution is 2.25. The fourth-order valence-corrected chi connectivity index (χ4v) is 3.82. The van der Waals surface area contributed by atoms with Gasteiger partial charge in [0.25, 0.3) is 0 Å². The number of nitrogens with one attached hydrogen (secondary N) is 2. The molecule has 7 nitrogen and oxygen atoms in total. The zero-order chi connectivity index (χ0) is 26.4. The molecule has 8 heteroatoms. The van der Waals surface area contributed by atoms with Gasteiger partial charge in [0.1, 0.15) is 12.4 Å². The maximum atomic E-state index is 14.4. The molecule has 0 saturated heterocycles. The van der Waals surface area contributed by atoms with Crippen LogP contribution in [0.25, 0.3) is 16.9 Å². The SMILES string of the molecule is Cc1ccc(-n2cc(-c3ccccc3)nc2NC(=O)CN(Cc2ccccc2)C(=O)NC(C)C)cc1F. The summed E-state index contributed by atoms with van der Waals surface area (Å²) in [7, 11) is 0. The minimum Gasteiger partial charge on any atom is -0.336 e. The van der Waals surface area contributed by atoms with Crippen LogP contribution in [0.1, 0.15) is 25.0 Å². The van der Waals surface area contributed by atoms with Gasteiger partial charge in [-0.15, -0.1) is 0 Å². The Morgan fingerprint density at radius 3 is 2.32 bits per heavy atom. The summed E-state index contributed by atoms with van der Waals surface area (Å²) < 4.78 is 16.0. The number of halogens is 1. The molecular formula is C29H30FN5O2. The fourth-order valence-electron chi connectivity index (χ4n) is 3.82. The summed E-state index contributed by atoms with van der Waals surface area (Å²) in [5.74, 6) is -0.547. The van der Waals surface area contributed by atoms with Gasteiger partial charge in [-0.25, -0.2) is 14.2 Å². The van der Waals surface area contributed by atoms with Gasteiger partial charge >= 0.3 is 6.03 Å². The lowest BCUT2D eigenvalue weighted by molar-refractivity contribution is -0.116. The summed E-state index contributed by atoms with van der Waals surface area (Å²) in [5, 5.41) is 5.68. The number of rotatable bonds is 8. The zero-order valence-corrected chi connectivity index (χ0v) is 21.1. The minimum atomic E-state index is -0.422. The first-order valence-electron chi connectivity index (χ1n) is 12.1. The molecule has 190 valence electrons. The van der Waals surface area contributed by atoms with Gasteiger partial charge in [-0.2, -0.15) is 0 Å². The number of aryl methyl sites for hydroxylation is 1. The third-order valence-corrected chi connectivity index (χ3v) is 5.71. The summed E-state index contributed by atoms with van der Waals surface area (Å²) in [6.07, 6.45) is 1.75. The first kappa shape index (κ1) is 25.6. The molecule has 0 fully saturated rings. The lowest BCUT2D eigenvalue weighted by atomic mass is 10.2. The van der Waals surface area contributed by atoms with E-state index in [-0.39, 0.29) is 36.9 Å². The van der Waals surface area contributed by atoms with E-state index in [2.05, 4.69) is 15.6 Å². The molecule has 0 unspecified atom stereocenters. The van der Waals surface area contributed by atoms with E-state index in [0.717, 1.165) is 11.1 Å². The average Bonchev–Trinajstić information content (AvgIpc) is 3.29. The second-order valence-electron chi connectivity index (χ2n) is 9.11. The second kappa shape index (κ2) is 11.5. The van der Waals surface area contributed by atoms with Crippen LogP contribution < -0.4 is 10.6 Å². The van der Waals surface area contributed by atoms with Crippen molar-refractivity contribution in [2.75, 3.05) is 11.9 Å². The number of hydrogen-bond donors (Lipinski definition) is 2. The Kier molecular flexibility index (Phi) is 7.98. The molecule has 0 spiro atoms. The smallest absolute Gasteiger partial charge is 0.318 e. The number of imidazole rings is 1. The van der Waals surface area contributed by atoms with Crippen LogP contribution in [0.4, 0.5) is 15.1 Å². The van der Waals surface area contributed by atoms with Gasteiger partial charge in [0.2, 0.25) is 11.9 Å². The Balaban J connectivity index is 1.62. The minimum absolute atomic E-state index is 0.0856. The van der Waals surface area contributed by atoms with Gasteiger partial charge in [-0.1, -0.05) is 66.7 Å². The molecule has 4 aromatic rings. The summed E-state index contributed by atoms with van der Waals surface area (Å²) in [6.45, 7) is 5.49. The van der Waals surface area contributed by atoms with E-state index in [9.17, 15) is 14.0 Å². The average molecular weight is 500 g/mol. The molecule has 3 aromatic carbocycles. The van der Waals surface area contributed by atoms with Gasteiger partial charge in [0.05, 0.1) is 11.4 Å². The van der Waals surface area contributed by atoms with Crippen LogP contribution in [0, 0.1) is 12.7 Å². The lowest BCUT2D eigenvalue weighted by Gasteiger charge is -2.24. The largest absolute Gasteiger partial charge is 0.336 e. The Bertz CT molecular complexity index is 1370. The predicted octanol–water partition coefficient (Wildman–Crippen LogP) is 5.55. The molecule has 2 N–H and O–H groups in total. The van der Waals surface area contributed by atoms with Crippen LogP contribution in [0.2, 0.25) is 0 Å². The number of urea groups is 1. The maximum absolute atomic E-state index is 14.4. The fraction of sp³-hybridized carbons (Fsp3) is 0.207. The zero-order valence-electron chi connectivity index (χ0n) is 21.1. The van der Waals surface area contributed by atoms with Crippen molar-refractivity contribution in [2.24, 2.45) is 0 Å². The van der Waals surface area contributed by atoms with E-state index in [1.54, 1.807) is 29.8 Å². The number of carbonyl (C=O) groups is 2. The first-order chi connectivity index (χ1) is 17.8. The summed E-state index contributed by atoms with van der Waals surface area (Å²) in [4.78, 5) is 32.1. The summed E-state index contributed by atoms with van der Waals surface area (Å²) in [6, 6.07) is 23.4. The quantitative estimate of drug-likeness (QED) is 0.334. The van der Waals surface area contributed by atoms with Crippen LogP contribution in [-0.2, 0) is 11.3 Å². The van der Waals surface area contributed by atoms with Crippen molar-refractivity contribution in [1.29, 1.82) is 0 Å². The molecule has 37 heavy (non-hydrogen) atoms. The summed E-state index contributed by atoms with van der Waals surface area (Å²) >= 11 is 0. The maximum Gasteiger partial charge on any atom is 0.318 e. The van der Waals surface area contributed by atoms with E-state index in [1.165, 1.54) is 11.0 Å². The number of anilines is 1. The molecule has 0 aliphatic heterocycles. The number of aromatic nitrogens is 2. The van der Waals surface area contributed by atoms with Crippen LogP contribution in [-0.4, -0.2) is 39.0 Å². The number of nitrogens with zero attached hydrogens (tertiary/aromatic N) is 3. The first-order valence-corrected chi connectivity index (χ1v) is 12.1. The van der Waals surface area contributed by atoms with Gasteiger partial charge in [0.15, 0.2) is 0 Å². The Labute approximate surface area is 216 Å². The molecule has 0 aliphatic carbocycles. The topological polar surface area (TPSA) is 79.3 Å². The third kappa shape index (κ3) is 6.61. The van der Waals surface area contributed by atoms with Gasteiger partial charge < -0.3 is 10.2 Å². The van der Waals surface area contributed by atoms with E-state index in [4.69, 9.17) is 0 Å². The van der Waals surface area contributed by atoms with Crippen LogP contribution in [0.5, 0.6) is 0 Å². The van der Waals surface area contributed by atoms with Crippen molar-refractivity contribution in [1.82, 2.24) is 19.8 Å². The van der Waals surface area contributed by atoms with E-state index >= 15 is 0 Å². The van der Waals surface area contributed by atoms with E-state index < -0.39 is 5.91 Å². The molecule has 0 aliphatic rings. The molecule has 0 atom stereocenters. The number of carbonyl (C=O) groups excluding carboxylic acids is 2. The van der Waals surface area contributed by atoms with Crippen molar-refractivity contribution in [3.63, 3.8) is 0 Å². The Hall–Kier alpha value is -4.46. The number of benzene rings is 3. The second-order valence-corrected chi connectivity index (χ2v) is 9.11. The number of amides is 3. The van der Waals surface area contributed by atoms with Crippen molar-refractivity contribution in [2.45, 2.75) is 33.4 Å². The Morgan fingerprint density at radius 1 is 1.00 bits per heavy atom. The van der Waals surface area contributed by atoms with Gasteiger partial charge in [0, 0.05) is 24.3 Å². The van der Waals surface area contributed by atoms with Crippen molar-refractivity contribution in [3.05, 3.63) is 102 Å². The molecule has 0 saturated carbocycles. The van der Waals surface area contributed by atoms with Crippen LogP contribution in [0.3, 0.4) is 0 Å². The van der Waals surface area contributed by atoms with E-state index in [1.807, 2.05) is 74.5 Å². The lowest BCUT2D eigenvalue weighted by Crippen LogP contribution is -2.45. The predicted molar refractivity (Wildman–Crippen MR) is 143 cm³/mol. The van der Waals surface area contributed by atoms with Crippen LogP contribution in [0.15, 0.2) is 85.1 Å². The highest BCUT2D eigenvalue weighted by molar-refractivity contribution is 5.93. The molecule has 0 bridgehead atoms. The molecule has 1 aromatic heterocycles. The monoisotopic (exact) mass is 499 g/mol. The van der Waals surface area contributed by atoms with E-state index in [0.29, 0.717) is 16.9 Å². The van der Waals surface area contributed by atoms with Crippen LogP contribution >= 0.6 is 0 Å². The van der Waals surface area contributed by atoms with Crippen molar-refractivity contribution >= 4 is 17.9 Å². The molecule has 0 radical (unpaired) electrons. The van der Waals surface area contributed by atoms with Crippen molar-refractivity contribution in [3.8, 4) is 16.9 Å². The van der Waals surface area contributed by atoms with Gasteiger partial charge in [-0.05, 0) is 44.0 Å². The molecular weight excluding hydrogens is 469 g/mol. The van der Waals surface area contributed by atoms with Crippen molar-refractivity contribution < 1.29 is 14.0 Å². The summed E-state index contributed by atoms with van der Waals surface area (Å²) in [5.41, 5.74) is 3.41. The molecule has 1 heterocycles. The highest BCUT2D eigenvalue weighted by atomic mass is 19.1. The standard InChI is InChI=1S/C29H30FN5O2/c1-20(2)31-29(37)34(17-22-10-6-4-7-11-22)19-27(36)33-28-32-26(23-12-8-5-9-13-23)18-35(28)24-15-14-21(3)25(30)16-24/h4-16,18,20H,17,19H2,1-3H3,(H,31,37)(H,32,33,36). The van der Waals surface area contributed by atoms with Gasteiger partial charge in [-0.3, -0.25) is 14.7 Å². The molecule has 4 rings (SSSR count). The number of hydrogen-bond acceptors (Lipinski definition) is 3. The normalized spacial score (nSPS) is 10.8. The highest BCUT2D eigenvalue weighted by Gasteiger charge is 2.21. The molecule has 3 amide bonds. The Morgan fingerprint density at radius 2 is 1.68 bits per heavy atom.